The smallest absolute Gasteiger partial charge is 0.461 e. The Labute approximate surface area is 191 Å². The number of aromatic nitrogens is 2. The molecule has 1 aromatic heterocycles. The Morgan fingerprint density at radius 1 is 1.18 bits per heavy atom. The average molecular weight is 494 g/mol. The second-order valence-electron chi connectivity index (χ2n) is 7.00. The lowest BCUT2D eigenvalue weighted by atomic mass is 10.2. The van der Waals surface area contributed by atoms with Crippen molar-refractivity contribution in [2.24, 2.45) is 0 Å². The lowest BCUT2D eigenvalue weighted by molar-refractivity contribution is -0.274. The maximum Gasteiger partial charge on any atom is 0.573 e. The fourth-order valence-corrected chi connectivity index (χ4v) is 3.97. The van der Waals surface area contributed by atoms with E-state index in [0.29, 0.717) is 12.8 Å². The van der Waals surface area contributed by atoms with E-state index in [2.05, 4.69) is 15.8 Å². The minimum atomic E-state index is -4.90. The first-order valence-corrected chi connectivity index (χ1v) is 11.5. The fourth-order valence-electron chi connectivity index (χ4n) is 3.08. The summed E-state index contributed by atoms with van der Waals surface area (Å²) < 4.78 is 72.0. The molecule has 34 heavy (non-hydrogen) atoms. The lowest BCUT2D eigenvalue weighted by Crippen LogP contribution is -2.25. The number of rotatable bonds is 7. The Morgan fingerprint density at radius 3 is 2.44 bits per heavy atom. The van der Waals surface area contributed by atoms with Crippen molar-refractivity contribution in [3.05, 3.63) is 58.4 Å². The Morgan fingerprint density at radius 2 is 1.85 bits per heavy atom. The molecule has 1 heterocycles. The molecule has 0 aliphatic carbocycles. The van der Waals surface area contributed by atoms with Crippen LogP contribution in [0.2, 0.25) is 0 Å². The van der Waals surface area contributed by atoms with Gasteiger partial charge in [-0.2, -0.15) is 5.10 Å². The van der Waals surface area contributed by atoms with Gasteiger partial charge in [-0.3, -0.25) is 4.79 Å². The van der Waals surface area contributed by atoms with E-state index in [1.807, 2.05) is 0 Å². The van der Waals surface area contributed by atoms with E-state index in [9.17, 15) is 31.2 Å². The van der Waals surface area contributed by atoms with Crippen LogP contribution in [0, 0.1) is 12.3 Å². The molecule has 0 aliphatic heterocycles. The van der Waals surface area contributed by atoms with E-state index < -0.39 is 39.0 Å². The van der Waals surface area contributed by atoms with Crippen molar-refractivity contribution < 1.29 is 35.9 Å². The predicted molar refractivity (Wildman–Crippen MR) is 115 cm³/mol. The van der Waals surface area contributed by atoms with Crippen molar-refractivity contribution in [2.75, 3.05) is 12.9 Å². The van der Waals surface area contributed by atoms with E-state index in [0.717, 1.165) is 23.1 Å². The van der Waals surface area contributed by atoms with Gasteiger partial charge in [0.1, 0.15) is 5.75 Å². The van der Waals surface area contributed by atoms with Crippen LogP contribution in [-0.2, 0) is 14.6 Å². The van der Waals surface area contributed by atoms with Gasteiger partial charge in [-0.05, 0) is 42.8 Å². The summed E-state index contributed by atoms with van der Waals surface area (Å²) in [5, 5.41) is 3.71. The second kappa shape index (κ2) is 9.56. The lowest BCUT2D eigenvalue weighted by Gasteiger charge is -2.14. The third-order valence-corrected chi connectivity index (χ3v) is 5.62. The minimum Gasteiger partial charge on any atom is -0.461 e. The van der Waals surface area contributed by atoms with E-state index in [4.69, 9.17) is 11.2 Å². The quantitative estimate of drug-likeness (QED) is 0.282. The molecule has 0 aliphatic rings. The highest BCUT2D eigenvalue weighted by atomic mass is 32.2. The van der Waals surface area contributed by atoms with Gasteiger partial charge >= 0.3 is 12.3 Å². The molecule has 0 saturated carbocycles. The van der Waals surface area contributed by atoms with Gasteiger partial charge in [0.2, 0.25) is 11.1 Å². The van der Waals surface area contributed by atoms with Crippen molar-refractivity contribution in [1.82, 2.24) is 9.78 Å². The maximum atomic E-state index is 13.1. The molecule has 12 heteroatoms. The Kier molecular flexibility index (Phi) is 6.97. The summed E-state index contributed by atoms with van der Waals surface area (Å²) in [5.74, 6) is 0.763. The van der Waals surface area contributed by atoms with Gasteiger partial charge in [-0.1, -0.05) is 6.07 Å². The number of unbranched alkanes of at least 4 members (excludes halogenated alkanes) is 1. The Balaban J connectivity index is 2.21. The number of nitrogens with zero attached hydrogens (tertiary/aromatic N) is 2. The highest BCUT2D eigenvalue weighted by Crippen LogP contribution is 2.26. The van der Waals surface area contributed by atoms with Crippen molar-refractivity contribution in [1.29, 1.82) is 0 Å². The van der Waals surface area contributed by atoms with Crippen LogP contribution in [0.3, 0.4) is 0 Å². The van der Waals surface area contributed by atoms with Gasteiger partial charge in [-0.25, -0.2) is 17.9 Å². The molecule has 178 valence electrons. The van der Waals surface area contributed by atoms with E-state index in [1.165, 1.54) is 30.3 Å². The molecule has 0 radical (unpaired) electrons. The zero-order chi connectivity index (χ0) is 25.1. The molecule has 3 rings (SSSR count). The first-order valence-electron chi connectivity index (χ1n) is 9.65. The summed E-state index contributed by atoms with van der Waals surface area (Å²) in [5.41, 5.74) is -1.51. The van der Waals surface area contributed by atoms with E-state index in [1.54, 1.807) is 0 Å². The van der Waals surface area contributed by atoms with Gasteiger partial charge < -0.3 is 9.47 Å². The molecule has 0 unspecified atom stereocenters. The molecule has 0 amide bonds. The van der Waals surface area contributed by atoms with Gasteiger partial charge in [0.15, 0.2) is 9.84 Å². The van der Waals surface area contributed by atoms with Crippen LogP contribution in [0.4, 0.5) is 13.2 Å². The number of halogens is 3. The molecule has 3 aromatic rings. The highest BCUT2D eigenvalue weighted by Gasteiger charge is 2.31. The SMILES string of the molecule is C#CCCCOC(=O)c1nn(-c2ccc(OC(F)(F)F)cc2)c2cccc(S(C)(=O)=O)c2c1=O. The molecule has 0 bridgehead atoms. The third-order valence-electron chi connectivity index (χ3n) is 4.48. The fraction of sp³-hybridized carbons (Fsp3) is 0.227. The number of hydrogen-bond donors (Lipinski definition) is 0. The second-order valence-corrected chi connectivity index (χ2v) is 8.98. The third kappa shape index (κ3) is 5.55. The normalized spacial score (nSPS) is 11.7. The maximum absolute atomic E-state index is 13.1. The average Bonchev–Trinajstić information content (AvgIpc) is 2.75. The molecule has 0 N–H and O–H groups in total. The minimum absolute atomic E-state index is 0.0151. The largest absolute Gasteiger partial charge is 0.573 e. The number of ether oxygens (including phenoxy) is 2. The number of carbonyl (C=O) groups excluding carboxylic acids is 1. The van der Waals surface area contributed by atoms with Crippen molar-refractivity contribution in [3.8, 4) is 23.8 Å². The number of hydrogen-bond acceptors (Lipinski definition) is 7. The summed E-state index contributed by atoms with van der Waals surface area (Å²) in [6.45, 7) is -0.0978. The molecular formula is C22H17F3N2O6S. The Hall–Kier alpha value is -3.85. The topological polar surface area (TPSA) is 105 Å². The number of alkyl halides is 3. The van der Waals surface area contributed by atoms with Crippen LogP contribution < -0.4 is 10.2 Å². The number of fused-ring (bicyclic) bond motifs is 1. The molecule has 2 aromatic carbocycles. The Bertz CT molecular complexity index is 1440. The summed E-state index contributed by atoms with van der Waals surface area (Å²) >= 11 is 0. The number of terminal acetylenes is 1. The van der Waals surface area contributed by atoms with Gasteiger partial charge in [0, 0.05) is 12.7 Å². The molecule has 8 nitrogen and oxygen atoms in total. The predicted octanol–water partition coefficient (Wildman–Crippen LogP) is 3.26. The van der Waals surface area contributed by atoms with Crippen LogP contribution in [0.25, 0.3) is 16.6 Å². The molecule has 0 atom stereocenters. The molecule has 0 spiro atoms. The monoisotopic (exact) mass is 494 g/mol. The van der Waals surface area contributed by atoms with Crippen LogP contribution in [-0.4, -0.2) is 43.4 Å². The number of esters is 1. The summed E-state index contributed by atoms with van der Waals surface area (Å²) in [4.78, 5) is 25.3. The zero-order valence-electron chi connectivity index (χ0n) is 17.6. The first-order chi connectivity index (χ1) is 15.9. The van der Waals surface area contributed by atoms with Crippen molar-refractivity contribution in [3.63, 3.8) is 0 Å². The van der Waals surface area contributed by atoms with E-state index in [-0.39, 0.29) is 28.1 Å². The van der Waals surface area contributed by atoms with Crippen LogP contribution in [0.15, 0.2) is 52.2 Å². The van der Waals surface area contributed by atoms with Gasteiger partial charge in [-0.15, -0.1) is 25.5 Å². The number of sulfone groups is 1. The van der Waals surface area contributed by atoms with Gasteiger partial charge in [0.05, 0.1) is 28.1 Å². The van der Waals surface area contributed by atoms with E-state index >= 15 is 0 Å². The van der Waals surface area contributed by atoms with Crippen LogP contribution in [0.1, 0.15) is 23.3 Å². The molecule has 0 saturated heterocycles. The van der Waals surface area contributed by atoms with Crippen LogP contribution >= 0.6 is 0 Å². The van der Waals surface area contributed by atoms with Crippen molar-refractivity contribution >= 4 is 26.7 Å². The molecular weight excluding hydrogens is 477 g/mol. The highest BCUT2D eigenvalue weighted by molar-refractivity contribution is 7.91. The number of benzene rings is 2. The van der Waals surface area contributed by atoms with Gasteiger partial charge in [0.25, 0.3) is 0 Å². The number of carbonyl (C=O) groups is 1. The van der Waals surface area contributed by atoms with Crippen molar-refractivity contribution in [2.45, 2.75) is 24.1 Å². The first kappa shape index (κ1) is 24.8. The summed E-state index contributed by atoms with van der Waals surface area (Å²) in [7, 11) is -3.91. The zero-order valence-corrected chi connectivity index (χ0v) is 18.4. The van der Waals surface area contributed by atoms with Crippen LogP contribution in [0.5, 0.6) is 5.75 Å². The standard InChI is InChI=1S/C22H17F3N2O6S/c1-3-4-5-13-32-21(29)19-20(28)18-16(7-6-8-17(18)34(2,30)31)27(26-19)14-9-11-15(12-10-14)33-22(23,24)25/h1,6-12H,4-5,13H2,2H3. The molecule has 0 fully saturated rings. The summed E-state index contributed by atoms with van der Waals surface area (Å²) in [6.07, 6.45) is 1.80. The summed E-state index contributed by atoms with van der Waals surface area (Å²) in [6, 6.07) is 8.38.